The fourth-order valence-corrected chi connectivity index (χ4v) is 9.85. The van der Waals surface area contributed by atoms with Crippen LogP contribution < -0.4 is 20.9 Å². The molecule has 2 aromatic rings. The highest BCUT2D eigenvalue weighted by molar-refractivity contribution is 6.84. The molecule has 0 atom stereocenters. The SMILES string of the molecule is C[Si](C)(C)O[Si](C)(COc1ccc(N)cc1)COc1ccc(N)cc1. The van der Waals surface area contributed by atoms with Crippen LogP contribution in [0.1, 0.15) is 0 Å². The van der Waals surface area contributed by atoms with E-state index in [9.17, 15) is 0 Å². The molecule has 0 amide bonds. The van der Waals surface area contributed by atoms with Crippen molar-refractivity contribution in [2.45, 2.75) is 26.2 Å². The van der Waals surface area contributed by atoms with Gasteiger partial charge >= 0.3 is 0 Å². The molecule has 7 heteroatoms. The molecule has 2 aromatic carbocycles. The van der Waals surface area contributed by atoms with Crippen molar-refractivity contribution < 1.29 is 13.6 Å². The van der Waals surface area contributed by atoms with Gasteiger partial charge in [0.15, 0.2) is 8.32 Å². The smallest absolute Gasteiger partial charge is 0.254 e. The summed E-state index contributed by atoms with van der Waals surface area (Å²) in [6.45, 7) is 8.71. The third-order valence-corrected chi connectivity index (χ3v) is 9.33. The van der Waals surface area contributed by atoms with Gasteiger partial charge in [-0.1, -0.05) is 0 Å². The van der Waals surface area contributed by atoms with Crippen molar-refractivity contribution >= 4 is 28.0 Å². The Morgan fingerprint density at radius 1 is 0.680 bits per heavy atom. The maximum atomic E-state index is 6.49. The van der Waals surface area contributed by atoms with E-state index in [1.54, 1.807) is 0 Å². The highest BCUT2D eigenvalue weighted by Gasteiger charge is 2.37. The maximum Gasteiger partial charge on any atom is 0.254 e. The van der Waals surface area contributed by atoms with Crippen LogP contribution in [0.15, 0.2) is 48.5 Å². The van der Waals surface area contributed by atoms with E-state index in [2.05, 4.69) is 26.2 Å². The average molecular weight is 377 g/mol. The third kappa shape index (κ3) is 6.81. The van der Waals surface area contributed by atoms with Gasteiger partial charge in [0, 0.05) is 11.4 Å². The number of rotatable bonds is 8. The summed E-state index contributed by atoms with van der Waals surface area (Å²) in [7, 11) is -3.95. The summed E-state index contributed by atoms with van der Waals surface area (Å²) in [4.78, 5) is 0. The average Bonchev–Trinajstić information content (AvgIpc) is 2.52. The molecule has 0 fully saturated rings. The van der Waals surface area contributed by atoms with E-state index >= 15 is 0 Å². The first-order valence-electron chi connectivity index (χ1n) is 8.32. The Kier molecular flexibility index (Phi) is 6.15. The molecule has 0 saturated carbocycles. The van der Waals surface area contributed by atoms with Crippen LogP contribution in [0.4, 0.5) is 11.4 Å². The zero-order chi connectivity index (χ0) is 18.5. The summed E-state index contributed by atoms with van der Waals surface area (Å²) >= 11 is 0. The third-order valence-electron chi connectivity index (χ3n) is 3.40. The summed E-state index contributed by atoms with van der Waals surface area (Å²) in [5.41, 5.74) is 12.9. The maximum absolute atomic E-state index is 6.49. The first-order valence-corrected chi connectivity index (χ1v) is 14.6. The predicted molar refractivity (Wildman–Crippen MR) is 109 cm³/mol. The van der Waals surface area contributed by atoms with Crippen molar-refractivity contribution in [1.29, 1.82) is 0 Å². The molecule has 25 heavy (non-hydrogen) atoms. The van der Waals surface area contributed by atoms with Gasteiger partial charge in [0.25, 0.3) is 8.32 Å². The molecule has 136 valence electrons. The molecule has 4 N–H and O–H groups in total. The fraction of sp³-hybridized carbons (Fsp3) is 0.333. The van der Waals surface area contributed by atoms with Gasteiger partial charge in [0.05, 0.1) is 0 Å². The molecular formula is C18H28N2O3Si2. The van der Waals surface area contributed by atoms with E-state index in [1.807, 2.05) is 48.5 Å². The van der Waals surface area contributed by atoms with Crippen molar-refractivity contribution in [1.82, 2.24) is 0 Å². The number of anilines is 2. The second kappa shape index (κ2) is 7.94. The van der Waals surface area contributed by atoms with Gasteiger partial charge in [-0.25, -0.2) is 0 Å². The summed E-state index contributed by atoms with van der Waals surface area (Å²) < 4.78 is 18.5. The van der Waals surface area contributed by atoms with Crippen LogP contribution in [-0.2, 0) is 4.12 Å². The van der Waals surface area contributed by atoms with Crippen LogP contribution in [0.5, 0.6) is 11.5 Å². The Bertz CT molecular complexity index is 621. The molecule has 0 aliphatic carbocycles. The Morgan fingerprint density at radius 2 is 1.04 bits per heavy atom. The summed E-state index contributed by atoms with van der Waals surface area (Å²) in [5.74, 6) is 1.58. The van der Waals surface area contributed by atoms with E-state index in [0.29, 0.717) is 12.5 Å². The Labute approximate surface area is 152 Å². The van der Waals surface area contributed by atoms with Crippen LogP contribution in [0.3, 0.4) is 0 Å². The minimum absolute atomic E-state index is 0.524. The minimum atomic E-state index is -2.22. The van der Waals surface area contributed by atoms with Gasteiger partial charge in [-0.05, 0) is 74.7 Å². The zero-order valence-corrected chi connectivity index (χ0v) is 17.4. The van der Waals surface area contributed by atoms with Crippen LogP contribution in [0.2, 0.25) is 26.2 Å². The largest absolute Gasteiger partial charge is 0.494 e. The number of hydrogen-bond acceptors (Lipinski definition) is 5. The normalized spacial score (nSPS) is 12.0. The second-order valence-electron chi connectivity index (χ2n) is 7.38. The lowest BCUT2D eigenvalue weighted by atomic mass is 10.3. The van der Waals surface area contributed by atoms with Crippen LogP contribution in [0.25, 0.3) is 0 Å². The molecule has 0 radical (unpaired) electrons. The molecule has 0 aliphatic rings. The van der Waals surface area contributed by atoms with Gasteiger partial charge in [-0.2, -0.15) is 0 Å². The molecule has 5 nitrogen and oxygen atoms in total. The van der Waals surface area contributed by atoms with Crippen LogP contribution >= 0.6 is 0 Å². The highest BCUT2D eigenvalue weighted by atomic mass is 28.4. The fourth-order valence-electron chi connectivity index (χ4n) is 2.44. The lowest BCUT2D eigenvalue weighted by molar-refractivity contribution is 0.307. The summed E-state index contributed by atoms with van der Waals surface area (Å²) in [5, 5.41) is 0. The van der Waals surface area contributed by atoms with Crippen molar-refractivity contribution in [2.24, 2.45) is 0 Å². The van der Waals surface area contributed by atoms with Crippen molar-refractivity contribution in [2.75, 3.05) is 23.9 Å². The van der Waals surface area contributed by atoms with E-state index in [4.69, 9.17) is 25.1 Å². The van der Waals surface area contributed by atoms with E-state index in [1.165, 1.54) is 0 Å². The highest BCUT2D eigenvalue weighted by Crippen LogP contribution is 2.21. The quantitative estimate of drug-likeness (QED) is 0.541. The number of hydrogen-bond donors (Lipinski definition) is 2. The lowest BCUT2D eigenvalue weighted by Gasteiger charge is -2.34. The van der Waals surface area contributed by atoms with Gasteiger partial charge in [0.1, 0.15) is 24.0 Å². The van der Waals surface area contributed by atoms with Gasteiger partial charge in [0.2, 0.25) is 0 Å². The van der Waals surface area contributed by atoms with Gasteiger partial charge in [-0.15, -0.1) is 0 Å². The predicted octanol–water partition coefficient (Wildman–Crippen LogP) is 3.81. The molecule has 0 saturated heterocycles. The Balaban J connectivity index is 2.04. The number of nitrogen functional groups attached to an aromatic ring is 2. The zero-order valence-electron chi connectivity index (χ0n) is 15.4. The van der Waals surface area contributed by atoms with E-state index in [-0.39, 0.29) is 0 Å². The standard InChI is InChI=1S/C18H28N2O3Si2/c1-24(2,3)23-25(4,13-21-17-9-5-15(19)6-10-17)14-22-18-11-7-16(20)8-12-18/h5-12H,13-14,19-20H2,1-4H3. The van der Waals surface area contributed by atoms with Gasteiger partial charge < -0.3 is 25.1 Å². The Hall–Kier alpha value is -1.97. The summed E-state index contributed by atoms with van der Waals surface area (Å²) in [6.07, 6.45) is 1.05. The lowest BCUT2D eigenvalue weighted by Crippen LogP contribution is -2.54. The molecule has 0 spiro atoms. The number of nitrogens with two attached hydrogens (primary N) is 2. The number of benzene rings is 2. The van der Waals surface area contributed by atoms with Crippen molar-refractivity contribution in [3.05, 3.63) is 48.5 Å². The molecular weight excluding hydrogens is 348 g/mol. The number of ether oxygens (including phenoxy) is 2. The first kappa shape index (κ1) is 19.4. The van der Waals surface area contributed by atoms with Crippen molar-refractivity contribution in [3.63, 3.8) is 0 Å². The Morgan fingerprint density at radius 3 is 1.36 bits per heavy atom. The molecule has 0 aliphatic heterocycles. The monoisotopic (exact) mass is 376 g/mol. The molecule has 0 unspecified atom stereocenters. The topological polar surface area (TPSA) is 79.7 Å². The molecule has 0 bridgehead atoms. The van der Waals surface area contributed by atoms with E-state index in [0.717, 1.165) is 22.9 Å². The van der Waals surface area contributed by atoms with Crippen molar-refractivity contribution in [3.8, 4) is 11.5 Å². The van der Waals surface area contributed by atoms with Gasteiger partial charge in [-0.3, -0.25) is 0 Å². The second-order valence-corrected chi connectivity index (χ2v) is 15.9. The molecule has 0 heterocycles. The summed E-state index contributed by atoms with van der Waals surface area (Å²) in [6, 6.07) is 14.8. The van der Waals surface area contributed by atoms with E-state index < -0.39 is 16.6 Å². The van der Waals surface area contributed by atoms with Crippen LogP contribution in [-0.4, -0.2) is 29.1 Å². The van der Waals surface area contributed by atoms with Crippen LogP contribution in [0, 0.1) is 0 Å². The molecule has 2 rings (SSSR count). The first-order chi connectivity index (χ1) is 11.7. The minimum Gasteiger partial charge on any atom is -0.494 e. The molecule has 0 aromatic heterocycles.